The van der Waals surface area contributed by atoms with Crippen molar-refractivity contribution in [3.05, 3.63) is 60.2 Å². The second-order valence-corrected chi connectivity index (χ2v) is 9.67. The molecule has 0 radical (unpaired) electrons. The molecule has 170 valence electrons. The molecule has 3 aliphatic rings. The number of aromatic nitrogens is 4. The summed E-state index contributed by atoms with van der Waals surface area (Å²) in [6.07, 6.45) is 13.3. The molecular weight excluding hydrogens is 417 g/mol. The smallest absolute Gasteiger partial charge is 0.263 e. The first-order chi connectivity index (χ1) is 16.2. The summed E-state index contributed by atoms with van der Waals surface area (Å²) in [6.45, 7) is 0. The highest BCUT2D eigenvalue weighted by atomic mass is 19.1. The number of carbonyl (C=O) groups excluding carboxylic acids is 1. The van der Waals surface area contributed by atoms with Crippen LogP contribution in [0.25, 0.3) is 11.4 Å². The van der Waals surface area contributed by atoms with Gasteiger partial charge in [0, 0.05) is 29.9 Å². The Bertz CT molecular complexity index is 1170. The third-order valence-corrected chi connectivity index (χ3v) is 7.94. The van der Waals surface area contributed by atoms with E-state index in [1.54, 1.807) is 35.5 Å². The van der Waals surface area contributed by atoms with Crippen LogP contribution in [0.1, 0.15) is 68.1 Å². The Kier molecular flexibility index (Phi) is 5.00. The fourth-order valence-electron chi connectivity index (χ4n) is 6.48. The number of carbonyl (C=O) groups is 1. The van der Waals surface area contributed by atoms with E-state index < -0.39 is 5.82 Å². The second-order valence-electron chi connectivity index (χ2n) is 9.67. The molecule has 0 saturated heterocycles. The maximum Gasteiger partial charge on any atom is 0.263 e. The summed E-state index contributed by atoms with van der Waals surface area (Å²) in [7, 11) is 0. The lowest BCUT2D eigenvalue weighted by atomic mass is 9.64. The summed E-state index contributed by atoms with van der Waals surface area (Å²) in [5.41, 5.74) is 0.795. The molecule has 7 heteroatoms. The number of fused-ring (bicyclic) bond motifs is 4. The topological polar surface area (TPSA) is 63.9 Å². The van der Waals surface area contributed by atoms with Gasteiger partial charge in [-0.3, -0.25) is 14.7 Å². The quantitative estimate of drug-likeness (QED) is 0.533. The summed E-state index contributed by atoms with van der Waals surface area (Å²) in [4.78, 5) is 24.8. The van der Waals surface area contributed by atoms with Gasteiger partial charge in [-0.1, -0.05) is 44.2 Å². The summed E-state index contributed by atoms with van der Waals surface area (Å²) < 4.78 is 16.8. The summed E-state index contributed by atoms with van der Waals surface area (Å²) >= 11 is 0. The average Bonchev–Trinajstić information content (AvgIpc) is 3.32. The van der Waals surface area contributed by atoms with Crippen LogP contribution in [0.5, 0.6) is 0 Å². The molecule has 33 heavy (non-hydrogen) atoms. The van der Waals surface area contributed by atoms with Crippen molar-refractivity contribution >= 4 is 11.9 Å². The van der Waals surface area contributed by atoms with Crippen molar-refractivity contribution in [2.75, 3.05) is 4.90 Å². The third kappa shape index (κ3) is 3.20. The molecule has 6 rings (SSSR count). The van der Waals surface area contributed by atoms with Crippen LogP contribution in [-0.4, -0.2) is 31.7 Å². The van der Waals surface area contributed by atoms with E-state index in [-0.39, 0.29) is 23.1 Å². The molecule has 2 fully saturated rings. The lowest BCUT2D eigenvalue weighted by Crippen LogP contribution is -2.61. The standard InChI is InChI=1S/C26H28FN5O/c27-21-12-4-2-10-19(21)24(33)31-22-13-5-3-11-20(22)26(14-6-1-7-15-26)32-25(31)29-23(30-32)18-9-8-16-28-17-18/h2,4,8-10,12,16-17,20,22H,1,3,5-7,11,13-15H2/t20-,22+/m1/s1. The molecule has 1 aromatic carbocycles. The van der Waals surface area contributed by atoms with Crippen LogP contribution in [-0.2, 0) is 5.54 Å². The van der Waals surface area contributed by atoms with Gasteiger partial charge in [-0.05, 0) is 49.9 Å². The number of benzene rings is 1. The van der Waals surface area contributed by atoms with Gasteiger partial charge in [0.25, 0.3) is 5.91 Å². The van der Waals surface area contributed by atoms with E-state index in [0.717, 1.165) is 56.9 Å². The van der Waals surface area contributed by atoms with E-state index in [4.69, 9.17) is 10.1 Å². The van der Waals surface area contributed by atoms with Gasteiger partial charge in [0.15, 0.2) is 5.82 Å². The van der Waals surface area contributed by atoms with Crippen LogP contribution in [0.2, 0.25) is 0 Å². The third-order valence-electron chi connectivity index (χ3n) is 7.94. The van der Waals surface area contributed by atoms with Crippen molar-refractivity contribution in [3.8, 4) is 11.4 Å². The van der Waals surface area contributed by atoms with Crippen LogP contribution in [0.3, 0.4) is 0 Å². The van der Waals surface area contributed by atoms with Gasteiger partial charge in [0.2, 0.25) is 5.95 Å². The zero-order valence-corrected chi connectivity index (χ0v) is 18.7. The Morgan fingerprint density at radius 2 is 1.82 bits per heavy atom. The van der Waals surface area contributed by atoms with Gasteiger partial charge >= 0.3 is 0 Å². The second kappa shape index (κ2) is 8.04. The molecule has 0 N–H and O–H groups in total. The lowest BCUT2D eigenvalue weighted by Gasteiger charge is -2.55. The SMILES string of the molecule is O=C(c1ccccc1F)N1c2nc(-c3cccnc3)nn2C2(CCCCC2)[C@@H]2CCCC[C@@H]21. The molecule has 1 spiro atoms. The number of nitrogens with zero attached hydrogens (tertiary/aromatic N) is 5. The Hall–Kier alpha value is -3.09. The highest BCUT2D eigenvalue weighted by molar-refractivity contribution is 6.06. The summed E-state index contributed by atoms with van der Waals surface area (Å²) in [5, 5.41) is 5.02. The molecule has 3 heterocycles. The molecular formula is C26H28FN5O. The molecule has 6 nitrogen and oxygen atoms in total. The van der Waals surface area contributed by atoms with Gasteiger partial charge in [-0.15, -0.1) is 5.10 Å². The fourth-order valence-corrected chi connectivity index (χ4v) is 6.48. The number of hydrogen-bond donors (Lipinski definition) is 0. The van der Waals surface area contributed by atoms with Crippen LogP contribution < -0.4 is 4.90 Å². The fraction of sp³-hybridized carbons (Fsp3) is 0.462. The van der Waals surface area contributed by atoms with E-state index in [1.165, 1.54) is 12.5 Å². The summed E-state index contributed by atoms with van der Waals surface area (Å²) in [6, 6.07) is 10.1. The zero-order chi connectivity index (χ0) is 22.4. The van der Waals surface area contributed by atoms with Crippen molar-refractivity contribution in [1.82, 2.24) is 19.7 Å². The molecule has 0 unspecified atom stereocenters. The van der Waals surface area contributed by atoms with E-state index in [2.05, 4.69) is 9.67 Å². The predicted octanol–water partition coefficient (Wildman–Crippen LogP) is 5.36. The van der Waals surface area contributed by atoms with E-state index in [9.17, 15) is 9.18 Å². The highest BCUT2D eigenvalue weighted by Gasteiger charge is 2.55. The van der Waals surface area contributed by atoms with Crippen molar-refractivity contribution in [3.63, 3.8) is 0 Å². The van der Waals surface area contributed by atoms with Crippen molar-refractivity contribution in [1.29, 1.82) is 0 Å². The van der Waals surface area contributed by atoms with Gasteiger partial charge in [0.1, 0.15) is 5.82 Å². The summed E-state index contributed by atoms with van der Waals surface area (Å²) in [5.74, 6) is 0.631. The van der Waals surface area contributed by atoms with Gasteiger partial charge < -0.3 is 0 Å². The number of amides is 1. The average molecular weight is 446 g/mol. The largest absolute Gasteiger partial charge is 0.273 e. The lowest BCUT2D eigenvalue weighted by molar-refractivity contribution is 0.0313. The van der Waals surface area contributed by atoms with E-state index in [1.807, 2.05) is 12.1 Å². The Labute approximate surface area is 192 Å². The number of anilines is 1. The Morgan fingerprint density at radius 3 is 2.61 bits per heavy atom. The van der Waals surface area contributed by atoms with Crippen molar-refractivity contribution in [2.45, 2.75) is 69.4 Å². The van der Waals surface area contributed by atoms with Crippen molar-refractivity contribution < 1.29 is 9.18 Å². The molecule has 2 aliphatic carbocycles. The number of halogens is 1. The maximum atomic E-state index is 14.7. The van der Waals surface area contributed by atoms with Crippen LogP contribution >= 0.6 is 0 Å². The number of hydrogen-bond acceptors (Lipinski definition) is 4. The molecule has 1 amide bonds. The normalized spacial score (nSPS) is 23.7. The van der Waals surface area contributed by atoms with Gasteiger partial charge in [-0.25, -0.2) is 9.07 Å². The van der Waals surface area contributed by atoms with Crippen LogP contribution in [0.15, 0.2) is 48.8 Å². The van der Waals surface area contributed by atoms with Crippen molar-refractivity contribution in [2.24, 2.45) is 5.92 Å². The van der Waals surface area contributed by atoms with Crippen LogP contribution in [0.4, 0.5) is 10.3 Å². The predicted molar refractivity (Wildman–Crippen MR) is 123 cm³/mol. The maximum absolute atomic E-state index is 14.7. The van der Waals surface area contributed by atoms with E-state index in [0.29, 0.717) is 17.7 Å². The monoisotopic (exact) mass is 445 g/mol. The molecule has 2 saturated carbocycles. The Morgan fingerprint density at radius 1 is 1.00 bits per heavy atom. The first-order valence-corrected chi connectivity index (χ1v) is 12.1. The molecule has 1 aliphatic heterocycles. The molecule has 2 aromatic heterocycles. The van der Waals surface area contributed by atoms with Crippen LogP contribution in [0, 0.1) is 11.7 Å². The minimum atomic E-state index is -0.494. The minimum Gasteiger partial charge on any atom is -0.273 e. The molecule has 2 atom stereocenters. The molecule has 3 aromatic rings. The Balaban J connectivity index is 1.56. The van der Waals surface area contributed by atoms with Gasteiger partial charge in [0.05, 0.1) is 11.1 Å². The first kappa shape index (κ1) is 20.5. The minimum absolute atomic E-state index is 0.0161. The van der Waals surface area contributed by atoms with Gasteiger partial charge in [-0.2, -0.15) is 4.98 Å². The number of rotatable bonds is 2. The highest BCUT2D eigenvalue weighted by Crippen LogP contribution is 2.53. The molecule has 0 bridgehead atoms. The van der Waals surface area contributed by atoms with E-state index >= 15 is 0 Å². The number of pyridine rings is 1. The zero-order valence-electron chi connectivity index (χ0n) is 18.7. The first-order valence-electron chi connectivity index (χ1n) is 12.1.